The van der Waals surface area contributed by atoms with Gasteiger partial charge in [-0.3, -0.25) is 34.2 Å². The smallest absolute Gasteiger partial charge is 0.261 e. The average molecular weight is 464 g/mol. The number of hydrogen-bond donors (Lipinski definition) is 1. The van der Waals surface area contributed by atoms with Gasteiger partial charge in [-0.15, -0.1) is 0 Å². The molecule has 4 aromatic rings. The summed E-state index contributed by atoms with van der Waals surface area (Å²) in [6.07, 6.45) is 3.22. The van der Waals surface area contributed by atoms with E-state index >= 15 is 0 Å². The van der Waals surface area contributed by atoms with Gasteiger partial charge in [0.2, 0.25) is 0 Å². The van der Waals surface area contributed by atoms with E-state index in [9.17, 15) is 19.5 Å². The number of imide groups is 1. The second kappa shape index (κ2) is 9.18. The molecule has 2 aromatic carbocycles. The summed E-state index contributed by atoms with van der Waals surface area (Å²) in [6, 6.07) is 21.6. The minimum atomic E-state index is -0.482. The van der Waals surface area contributed by atoms with E-state index in [1.54, 1.807) is 60.9 Å². The van der Waals surface area contributed by atoms with Crippen LogP contribution in [0.15, 0.2) is 91.3 Å². The summed E-state index contributed by atoms with van der Waals surface area (Å²) in [5.41, 5.74) is 2.12. The number of pyridine rings is 2. The number of carbonyl (C=O) groups excluding carboxylic acids is 3. The molecule has 0 atom stereocenters. The Labute approximate surface area is 201 Å². The molecule has 0 aliphatic carbocycles. The Balaban J connectivity index is 1.48. The molecule has 35 heavy (non-hydrogen) atoms. The fraction of sp³-hybridized carbons (Fsp3) is 0.0741. The first kappa shape index (κ1) is 22.0. The Morgan fingerprint density at radius 2 is 1.46 bits per heavy atom. The van der Waals surface area contributed by atoms with E-state index in [0.29, 0.717) is 17.1 Å². The van der Waals surface area contributed by atoms with Crippen LogP contribution in [0.2, 0.25) is 0 Å². The molecule has 8 heteroatoms. The lowest BCUT2D eigenvalue weighted by atomic mass is 10.0. The lowest BCUT2D eigenvalue weighted by Crippen LogP contribution is -2.31. The number of benzene rings is 2. The van der Waals surface area contributed by atoms with Gasteiger partial charge in [0.15, 0.2) is 0 Å². The molecule has 0 bridgehead atoms. The number of aromatic hydroxyl groups is 1. The maximum absolute atomic E-state index is 13.6. The Morgan fingerprint density at radius 3 is 2.14 bits per heavy atom. The molecule has 0 saturated heterocycles. The van der Waals surface area contributed by atoms with Crippen molar-refractivity contribution in [2.75, 3.05) is 4.90 Å². The fourth-order valence-corrected chi connectivity index (χ4v) is 3.99. The molecule has 0 spiro atoms. The molecule has 1 aliphatic heterocycles. The highest BCUT2D eigenvalue weighted by Gasteiger charge is 2.36. The van der Waals surface area contributed by atoms with Crippen molar-refractivity contribution in [3.8, 4) is 5.75 Å². The summed E-state index contributed by atoms with van der Waals surface area (Å²) in [6.45, 7) is 0.146. The molecule has 3 amide bonds. The van der Waals surface area contributed by atoms with Crippen LogP contribution in [0.5, 0.6) is 5.75 Å². The highest BCUT2D eigenvalue weighted by molar-refractivity contribution is 6.22. The van der Waals surface area contributed by atoms with Gasteiger partial charge in [0.25, 0.3) is 17.7 Å². The standard InChI is InChI=1S/C27H20N4O4/c32-24-10-2-1-9-23(24)30(16-19-7-3-5-13-28-19)25(33)18-11-12-21-22(15-18)27(35)31(26(21)34)17-20-8-4-6-14-29-20/h1-15,32H,16-17H2. The van der Waals surface area contributed by atoms with Gasteiger partial charge >= 0.3 is 0 Å². The number of amides is 3. The molecule has 0 saturated carbocycles. The highest BCUT2D eigenvalue weighted by Crippen LogP contribution is 2.31. The van der Waals surface area contributed by atoms with Crippen molar-refractivity contribution in [1.82, 2.24) is 14.9 Å². The van der Waals surface area contributed by atoms with Crippen molar-refractivity contribution >= 4 is 23.4 Å². The van der Waals surface area contributed by atoms with Crippen molar-refractivity contribution in [2.24, 2.45) is 0 Å². The molecular weight excluding hydrogens is 444 g/mol. The predicted molar refractivity (Wildman–Crippen MR) is 128 cm³/mol. The number of aromatic nitrogens is 2. The predicted octanol–water partition coefficient (Wildman–Crippen LogP) is 3.83. The number of phenols is 1. The molecule has 0 fully saturated rings. The van der Waals surface area contributed by atoms with Gasteiger partial charge in [-0.1, -0.05) is 24.3 Å². The van der Waals surface area contributed by atoms with Crippen molar-refractivity contribution in [1.29, 1.82) is 0 Å². The van der Waals surface area contributed by atoms with Gasteiger partial charge in [0, 0.05) is 18.0 Å². The number of nitrogens with zero attached hydrogens (tertiary/aromatic N) is 4. The van der Waals surface area contributed by atoms with Crippen LogP contribution in [0.25, 0.3) is 0 Å². The van der Waals surface area contributed by atoms with Gasteiger partial charge in [-0.25, -0.2) is 0 Å². The van der Waals surface area contributed by atoms with Crippen molar-refractivity contribution in [3.63, 3.8) is 0 Å². The van der Waals surface area contributed by atoms with E-state index in [0.717, 1.165) is 4.90 Å². The number of carbonyl (C=O) groups is 3. The second-order valence-corrected chi connectivity index (χ2v) is 7.98. The molecule has 0 unspecified atom stereocenters. The first-order valence-electron chi connectivity index (χ1n) is 10.9. The number of hydrogen-bond acceptors (Lipinski definition) is 6. The Hall–Kier alpha value is -4.85. The Morgan fingerprint density at radius 1 is 0.800 bits per heavy atom. The Bertz CT molecular complexity index is 1420. The van der Waals surface area contributed by atoms with E-state index in [1.807, 2.05) is 6.07 Å². The maximum atomic E-state index is 13.6. The molecule has 1 aliphatic rings. The summed E-state index contributed by atoms with van der Waals surface area (Å²) in [5.74, 6) is -1.42. The minimum Gasteiger partial charge on any atom is -0.506 e. The average Bonchev–Trinajstić information content (AvgIpc) is 3.13. The van der Waals surface area contributed by atoms with Crippen LogP contribution >= 0.6 is 0 Å². The number of rotatable bonds is 6. The molecule has 2 aromatic heterocycles. The summed E-state index contributed by atoms with van der Waals surface area (Å²) < 4.78 is 0. The number of phenolic OH excluding ortho intramolecular Hbond substituents is 1. The summed E-state index contributed by atoms with van der Waals surface area (Å²) >= 11 is 0. The number of para-hydroxylation sites is 2. The fourth-order valence-electron chi connectivity index (χ4n) is 3.99. The number of fused-ring (bicyclic) bond motifs is 1. The van der Waals surface area contributed by atoms with Crippen LogP contribution in [0, 0.1) is 0 Å². The molecule has 0 radical (unpaired) electrons. The van der Waals surface area contributed by atoms with Crippen LogP contribution in [0.1, 0.15) is 42.5 Å². The third kappa shape index (κ3) is 4.24. The van der Waals surface area contributed by atoms with E-state index < -0.39 is 17.7 Å². The summed E-state index contributed by atoms with van der Waals surface area (Å²) in [7, 11) is 0. The third-order valence-electron chi connectivity index (χ3n) is 5.73. The zero-order valence-electron chi connectivity index (χ0n) is 18.5. The third-order valence-corrected chi connectivity index (χ3v) is 5.73. The quantitative estimate of drug-likeness (QED) is 0.435. The highest BCUT2D eigenvalue weighted by atomic mass is 16.3. The molecule has 8 nitrogen and oxygen atoms in total. The van der Waals surface area contributed by atoms with Crippen LogP contribution in [0.3, 0.4) is 0 Å². The van der Waals surface area contributed by atoms with E-state index in [1.165, 1.54) is 29.2 Å². The van der Waals surface area contributed by atoms with Gasteiger partial charge < -0.3 is 5.11 Å². The van der Waals surface area contributed by atoms with Crippen LogP contribution in [-0.2, 0) is 13.1 Å². The minimum absolute atomic E-state index is 0.0418. The van der Waals surface area contributed by atoms with E-state index in [4.69, 9.17) is 0 Å². The van der Waals surface area contributed by atoms with Crippen molar-refractivity contribution in [3.05, 3.63) is 119 Å². The topological polar surface area (TPSA) is 104 Å². The summed E-state index contributed by atoms with van der Waals surface area (Å²) in [4.78, 5) is 50.6. The van der Waals surface area contributed by atoms with E-state index in [-0.39, 0.29) is 35.5 Å². The van der Waals surface area contributed by atoms with Gasteiger partial charge in [0.1, 0.15) is 5.75 Å². The lowest BCUT2D eigenvalue weighted by Gasteiger charge is -2.23. The first-order valence-corrected chi connectivity index (χ1v) is 10.9. The van der Waals surface area contributed by atoms with Crippen molar-refractivity contribution in [2.45, 2.75) is 13.1 Å². The molecule has 5 rings (SSSR count). The largest absolute Gasteiger partial charge is 0.506 e. The van der Waals surface area contributed by atoms with Crippen molar-refractivity contribution < 1.29 is 19.5 Å². The van der Waals surface area contributed by atoms with Crippen LogP contribution in [0.4, 0.5) is 5.69 Å². The Kier molecular flexibility index (Phi) is 5.76. The zero-order chi connectivity index (χ0) is 24.4. The van der Waals surface area contributed by atoms with Gasteiger partial charge in [-0.05, 0) is 54.6 Å². The molecule has 3 heterocycles. The SMILES string of the molecule is O=C1c2ccc(C(=O)N(Cc3ccccn3)c3ccccc3O)cc2C(=O)N1Cc1ccccn1. The lowest BCUT2D eigenvalue weighted by molar-refractivity contribution is 0.0640. The molecule has 172 valence electrons. The first-order chi connectivity index (χ1) is 17.0. The van der Waals surface area contributed by atoms with Gasteiger partial charge in [0.05, 0.1) is 41.3 Å². The van der Waals surface area contributed by atoms with Crippen LogP contribution in [-0.4, -0.2) is 37.7 Å². The van der Waals surface area contributed by atoms with Gasteiger partial charge in [-0.2, -0.15) is 0 Å². The summed E-state index contributed by atoms with van der Waals surface area (Å²) in [5, 5.41) is 10.4. The molecule has 1 N–H and O–H groups in total. The zero-order valence-corrected chi connectivity index (χ0v) is 18.5. The number of anilines is 1. The normalized spacial score (nSPS) is 12.5. The second-order valence-electron chi connectivity index (χ2n) is 7.98. The van der Waals surface area contributed by atoms with Crippen LogP contribution < -0.4 is 4.90 Å². The molecular formula is C27H20N4O4. The maximum Gasteiger partial charge on any atom is 0.261 e. The monoisotopic (exact) mass is 464 g/mol. The van der Waals surface area contributed by atoms with E-state index in [2.05, 4.69) is 9.97 Å².